The van der Waals surface area contributed by atoms with E-state index >= 15 is 0 Å². The third-order valence-corrected chi connectivity index (χ3v) is 4.41. The molecular formula is C8H16ClNO4S2. The molecule has 1 unspecified atom stereocenters. The number of rotatable bonds is 9. The van der Waals surface area contributed by atoms with Crippen LogP contribution in [0.4, 0.5) is 0 Å². The van der Waals surface area contributed by atoms with Crippen molar-refractivity contribution in [2.45, 2.75) is 12.5 Å². The number of aliphatic carboxylic acids is 1. The number of sulfone groups is 1. The van der Waals surface area contributed by atoms with Gasteiger partial charge >= 0.3 is 5.97 Å². The van der Waals surface area contributed by atoms with Crippen LogP contribution in [0, 0.1) is 0 Å². The summed E-state index contributed by atoms with van der Waals surface area (Å²) >= 11 is 9.20. The van der Waals surface area contributed by atoms with Crippen molar-refractivity contribution in [1.29, 1.82) is 0 Å². The number of carbonyl (C=O) groups is 1. The van der Waals surface area contributed by atoms with Crippen LogP contribution in [0.5, 0.6) is 0 Å². The molecule has 8 heteroatoms. The maximum Gasteiger partial charge on any atom is 0.321 e. The van der Waals surface area contributed by atoms with Gasteiger partial charge in [-0.3, -0.25) is 4.79 Å². The summed E-state index contributed by atoms with van der Waals surface area (Å²) in [4.78, 5) is 10.6. The first-order valence-electron chi connectivity index (χ1n) is 4.76. The third kappa shape index (κ3) is 7.32. The zero-order valence-electron chi connectivity index (χ0n) is 8.73. The maximum atomic E-state index is 11.2. The molecule has 0 aliphatic carbocycles. The first-order chi connectivity index (χ1) is 7.43. The molecule has 2 N–H and O–H groups in total. The molecule has 0 spiro atoms. The van der Waals surface area contributed by atoms with Crippen molar-refractivity contribution in [3.05, 3.63) is 0 Å². The number of halogens is 1. The molecule has 0 aromatic heterocycles. The van der Waals surface area contributed by atoms with Gasteiger partial charge in [-0.15, -0.1) is 11.6 Å². The molecule has 0 bridgehead atoms. The smallest absolute Gasteiger partial charge is 0.321 e. The van der Waals surface area contributed by atoms with Crippen LogP contribution in [0.2, 0.25) is 0 Å². The molecule has 96 valence electrons. The molecule has 0 fully saturated rings. The molecule has 0 rings (SSSR count). The molecule has 5 nitrogen and oxygen atoms in total. The minimum absolute atomic E-state index is 0.0195. The Morgan fingerprint density at radius 2 is 2.06 bits per heavy atom. The largest absolute Gasteiger partial charge is 0.480 e. The zero-order chi connectivity index (χ0) is 12.6. The van der Waals surface area contributed by atoms with Gasteiger partial charge in [0.2, 0.25) is 0 Å². The Kier molecular flexibility index (Phi) is 8.17. The summed E-state index contributed by atoms with van der Waals surface area (Å²) in [7, 11) is -3.10. The Morgan fingerprint density at radius 1 is 1.44 bits per heavy atom. The van der Waals surface area contributed by atoms with Gasteiger partial charge in [-0.1, -0.05) is 0 Å². The van der Waals surface area contributed by atoms with Crippen LogP contribution < -0.4 is 5.32 Å². The van der Waals surface area contributed by atoms with Crippen LogP contribution in [0.15, 0.2) is 0 Å². The van der Waals surface area contributed by atoms with Crippen LogP contribution in [-0.2, 0) is 14.6 Å². The van der Waals surface area contributed by atoms with Crippen molar-refractivity contribution < 1.29 is 18.3 Å². The van der Waals surface area contributed by atoms with Gasteiger partial charge in [0.25, 0.3) is 0 Å². The van der Waals surface area contributed by atoms with Gasteiger partial charge in [0.15, 0.2) is 9.84 Å². The summed E-state index contributed by atoms with van der Waals surface area (Å²) in [5.74, 6) is -0.748. The number of carboxylic acid groups (broad SMARTS) is 1. The van der Waals surface area contributed by atoms with E-state index in [1.165, 1.54) is 0 Å². The average Bonchev–Trinajstić information content (AvgIpc) is 2.17. The predicted molar refractivity (Wildman–Crippen MR) is 67.3 cm³/mol. The minimum Gasteiger partial charge on any atom is -0.480 e. The Morgan fingerprint density at radius 3 is 2.50 bits per heavy atom. The highest BCUT2D eigenvalue weighted by molar-refractivity contribution is 7.91. The molecule has 0 radical (unpaired) electrons. The Hall–Kier alpha value is 0.0200. The summed E-state index contributed by atoms with van der Waals surface area (Å²) in [5, 5.41) is 11.4. The van der Waals surface area contributed by atoms with Crippen molar-refractivity contribution in [2.24, 2.45) is 0 Å². The quantitative estimate of drug-likeness (QED) is 0.316. The zero-order valence-corrected chi connectivity index (χ0v) is 11.2. The van der Waals surface area contributed by atoms with E-state index in [-0.39, 0.29) is 23.1 Å². The van der Waals surface area contributed by atoms with Crippen LogP contribution in [0.3, 0.4) is 0 Å². The van der Waals surface area contributed by atoms with E-state index in [0.29, 0.717) is 13.0 Å². The highest BCUT2D eigenvalue weighted by Crippen LogP contribution is 1.96. The number of carboxylic acids is 1. The van der Waals surface area contributed by atoms with Crippen LogP contribution in [0.1, 0.15) is 6.42 Å². The molecule has 0 heterocycles. The van der Waals surface area contributed by atoms with Gasteiger partial charge < -0.3 is 10.4 Å². The molecule has 16 heavy (non-hydrogen) atoms. The Balaban J connectivity index is 3.79. The number of nitrogens with one attached hydrogen (secondary N) is 1. The van der Waals surface area contributed by atoms with E-state index in [4.69, 9.17) is 16.7 Å². The second kappa shape index (κ2) is 8.16. The monoisotopic (exact) mass is 289 g/mol. The Labute approximate surface area is 106 Å². The molecular weight excluding hydrogens is 274 g/mol. The molecule has 0 aromatic rings. The molecule has 0 aromatic carbocycles. The van der Waals surface area contributed by atoms with Crippen molar-refractivity contribution in [3.8, 4) is 0 Å². The van der Waals surface area contributed by atoms with Gasteiger partial charge in [-0.2, -0.15) is 12.6 Å². The maximum absolute atomic E-state index is 11.2. The van der Waals surface area contributed by atoms with Crippen molar-refractivity contribution in [2.75, 3.05) is 29.7 Å². The lowest BCUT2D eigenvalue weighted by Crippen LogP contribution is -2.39. The fourth-order valence-corrected chi connectivity index (χ4v) is 3.03. The number of thiol groups is 1. The van der Waals surface area contributed by atoms with E-state index in [1.54, 1.807) is 0 Å². The molecule has 0 saturated carbocycles. The number of hydrogen-bond donors (Lipinski definition) is 3. The van der Waals surface area contributed by atoms with Gasteiger partial charge in [0, 0.05) is 11.6 Å². The van der Waals surface area contributed by atoms with Gasteiger partial charge in [-0.25, -0.2) is 8.42 Å². The third-order valence-electron chi connectivity index (χ3n) is 1.89. The van der Waals surface area contributed by atoms with Gasteiger partial charge in [-0.05, 0) is 13.0 Å². The predicted octanol–water partition coefficient (Wildman–Crippen LogP) is 0.00270. The number of hydrogen-bond acceptors (Lipinski definition) is 5. The second-order valence-electron chi connectivity index (χ2n) is 3.22. The normalized spacial score (nSPS) is 13.6. The SMILES string of the molecule is O=C(O)C(CS)NCCCS(=O)(=O)CCCl. The summed E-state index contributed by atoms with van der Waals surface area (Å²) in [6, 6.07) is -0.737. The van der Waals surface area contributed by atoms with Crippen LogP contribution in [-0.4, -0.2) is 55.2 Å². The highest BCUT2D eigenvalue weighted by Gasteiger charge is 2.15. The summed E-state index contributed by atoms with van der Waals surface area (Å²) < 4.78 is 22.5. The molecule has 1 atom stereocenters. The molecule has 0 aliphatic rings. The topological polar surface area (TPSA) is 83.5 Å². The molecule has 0 amide bonds. The van der Waals surface area contributed by atoms with E-state index in [1.807, 2.05) is 0 Å². The second-order valence-corrected chi connectivity index (χ2v) is 6.27. The van der Waals surface area contributed by atoms with Crippen molar-refractivity contribution in [3.63, 3.8) is 0 Å². The van der Waals surface area contributed by atoms with Gasteiger partial charge in [0.05, 0.1) is 11.5 Å². The fourth-order valence-electron chi connectivity index (χ4n) is 1.02. The molecule has 0 aliphatic heterocycles. The highest BCUT2D eigenvalue weighted by atomic mass is 35.5. The number of alkyl halides is 1. The lowest BCUT2D eigenvalue weighted by molar-refractivity contribution is -0.138. The standard InChI is InChI=1S/C8H16ClNO4S2/c9-2-5-16(13,14)4-1-3-10-7(6-15)8(11)12/h7,10,15H,1-6H2,(H,11,12). The lowest BCUT2D eigenvalue weighted by atomic mass is 10.3. The lowest BCUT2D eigenvalue weighted by Gasteiger charge is -2.11. The van der Waals surface area contributed by atoms with E-state index < -0.39 is 21.8 Å². The molecule has 0 saturated heterocycles. The van der Waals surface area contributed by atoms with Crippen molar-refractivity contribution in [1.82, 2.24) is 5.32 Å². The van der Waals surface area contributed by atoms with E-state index in [9.17, 15) is 13.2 Å². The Bertz CT molecular complexity index is 307. The fraction of sp³-hybridized carbons (Fsp3) is 0.875. The minimum atomic E-state index is -3.10. The van der Waals surface area contributed by atoms with E-state index in [2.05, 4.69) is 17.9 Å². The van der Waals surface area contributed by atoms with Crippen molar-refractivity contribution >= 4 is 40.0 Å². The van der Waals surface area contributed by atoms with Gasteiger partial charge in [0.1, 0.15) is 6.04 Å². The van der Waals surface area contributed by atoms with Crippen LogP contribution >= 0.6 is 24.2 Å². The summed E-state index contributed by atoms with van der Waals surface area (Å²) in [6.45, 7) is 0.332. The summed E-state index contributed by atoms with van der Waals surface area (Å²) in [5.41, 5.74) is 0. The first-order valence-corrected chi connectivity index (χ1v) is 7.75. The van der Waals surface area contributed by atoms with Crippen LogP contribution in [0.25, 0.3) is 0 Å². The first kappa shape index (κ1) is 16.0. The average molecular weight is 290 g/mol. The summed E-state index contributed by atoms with van der Waals surface area (Å²) in [6.07, 6.45) is 0.372. The van der Waals surface area contributed by atoms with E-state index in [0.717, 1.165) is 0 Å².